The third-order valence-electron chi connectivity index (χ3n) is 7.00. The molecule has 0 unspecified atom stereocenters. The number of furan rings is 1. The van der Waals surface area contributed by atoms with Crippen molar-refractivity contribution >= 4 is 21.8 Å². The van der Waals surface area contributed by atoms with Crippen molar-refractivity contribution < 1.29 is 31.9 Å². The molecule has 5 rings (SSSR count). The van der Waals surface area contributed by atoms with Crippen LogP contribution >= 0.6 is 0 Å². The number of carbonyl (C=O) groups excluding carboxylic acids is 2. The molecule has 0 bridgehead atoms. The van der Waals surface area contributed by atoms with E-state index >= 15 is 0 Å². The lowest BCUT2D eigenvalue weighted by Crippen LogP contribution is -2.45. The summed E-state index contributed by atoms with van der Waals surface area (Å²) < 4.78 is 43.7. The molecule has 10 nitrogen and oxygen atoms in total. The van der Waals surface area contributed by atoms with Crippen LogP contribution in [-0.4, -0.2) is 62.3 Å². The molecular formula is C32H33N3O7S. The Morgan fingerprint density at radius 3 is 2.21 bits per heavy atom. The molecule has 1 saturated heterocycles. The maximum Gasteiger partial charge on any atom is 0.261 e. The van der Waals surface area contributed by atoms with Gasteiger partial charge in [0.1, 0.15) is 17.6 Å². The smallest absolute Gasteiger partial charge is 0.261 e. The van der Waals surface area contributed by atoms with Gasteiger partial charge in [0.2, 0.25) is 15.9 Å². The first-order chi connectivity index (χ1) is 20.9. The minimum absolute atomic E-state index is 0.135. The molecule has 0 radical (unpaired) electrons. The molecule has 43 heavy (non-hydrogen) atoms. The third-order valence-corrected chi connectivity index (χ3v) is 8.92. The van der Waals surface area contributed by atoms with Crippen molar-refractivity contribution in [3.63, 3.8) is 0 Å². The van der Waals surface area contributed by atoms with E-state index in [0.717, 1.165) is 5.56 Å². The molecule has 2 heterocycles. The topological polar surface area (TPSA) is 118 Å². The number of nitrogens with zero attached hydrogens (tertiary/aromatic N) is 2. The summed E-state index contributed by atoms with van der Waals surface area (Å²) in [6, 6.07) is 27.0. The van der Waals surface area contributed by atoms with Gasteiger partial charge < -0.3 is 24.1 Å². The Hall–Kier alpha value is -4.45. The lowest BCUT2D eigenvalue weighted by atomic mass is 10.0. The molecule has 1 atom stereocenters. The Morgan fingerprint density at radius 1 is 0.884 bits per heavy atom. The molecule has 1 N–H and O–H groups in total. The van der Waals surface area contributed by atoms with Gasteiger partial charge in [-0.25, -0.2) is 8.42 Å². The number of carbonyl (C=O) groups is 2. The van der Waals surface area contributed by atoms with Gasteiger partial charge in [-0.2, -0.15) is 4.31 Å². The van der Waals surface area contributed by atoms with Crippen molar-refractivity contribution in [2.45, 2.75) is 24.0 Å². The number of morpholine rings is 1. The molecule has 0 aliphatic carbocycles. The summed E-state index contributed by atoms with van der Waals surface area (Å²) in [7, 11) is -3.66. The number of ether oxygens (including phenoxy) is 2. The summed E-state index contributed by atoms with van der Waals surface area (Å²) >= 11 is 0. The van der Waals surface area contributed by atoms with E-state index in [-0.39, 0.29) is 30.5 Å². The van der Waals surface area contributed by atoms with E-state index in [1.54, 1.807) is 24.3 Å². The second-order valence-corrected chi connectivity index (χ2v) is 11.8. The van der Waals surface area contributed by atoms with Gasteiger partial charge in [0.25, 0.3) is 5.91 Å². The van der Waals surface area contributed by atoms with E-state index in [1.165, 1.54) is 39.7 Å². The van der Waals surface area contributed by atoms with Crippen LogP contribution in [0.3, 0.4) is 0 Å². The molecule has 224 valence electrons. The Morgan fingerprint density at radius 2 is 1.56 bits per heavy atom. The highest BCUT2D eigenvalue weighted by atomic mass is 32.2. The van der Waals surface area contributed by atoms with Gasteiger partial charge in [-0.1, -0.05) is 60.7 Å². The van der Waals surface area contributed by atoms with Crippen molar-refractivity contribution in [3.8, 4) is 5.75 Å². The summed E-state index contributed by atoms with van der Waals surface area (Å²) in [6.07, 6.45) is 1.53. The fourth-order valence-corrected chi connectivity index (χ4v) is 6.18. The van der Waals surface area contributed by atoms with Crippen molar-refractivity contribution in [3.05, 3.63) is 120 Å². The average molecular weight is 604 g/mol. The quantitative estimate of drug-likeness (QED) is 0.262. The highest BCUT2D eigenvalue weighted by Crippen LogP contribution is 2.25. The SMILES string of the molecule is O=C(NCc1ccco1)[C@H](c1ccccc1)N(Cc1ccccc1)C(=O)COc1ccc(S(=O)(=O)N2CCOCC2)cc1. The molecule has 0 saturated carbocycles. The van der Waals surface area contributed by atoms with Gasteiger partial charge in [-0.3, -0.25) is 9.59 Å². The molecule has 0 spiro atoms. The van der Waals surface area contributed by atoms with Gasteiger partial charge in [0.05, 0.1) is 30.9 Å². The highest BCUT2D eigenvalue weighted by Gasteiger charge is 2.32. The Labute approximate surface area is 250 Å². The number of nitrogens with one attached hydrogen (secondary N) is 1. The van der Waals surface area contributed by atoms with Crippen LogP contribution in [0.2, 0.25) is 0 Å². The summed E-state index contributed by atoms with van der Waals surface area (Å²) in [5.41, 5.74) is 1.48. The first kappa shape index (κ1) is 30.0. The van der Waals surface area contributed by atoms with Crippen LogP contribution in [0.1, 0.15) is 22.9 Å². The van der Waals surface area contributed by atoms with Gasteiger partial charge in [0.15, 0.2) is 6.61 Å². The number of hydrogen-bond donors (Lipinski definition) is 1. The van der Waals surface area contributed by atoms with Crippen LogP contribution < -0.4 is 10.1 Å². The summed E-state index contributed by atoms with van der Waals surface area (Å²) in [5, 5.41) is 2.89. The molecule has 2 amide bonds. The molecule has 1 aromatic heterocycles. The molecule has 3 aromatic carbocycles. The molecule has 4 aromatic rings. The number of amides is 2. The lowest BCUT2D eigenvalue weighted by molar-refractivity contribution is -0.143. The van der Waals surface area contributed by atoms with Crippen LogP contribution in [0.5, 0.6) is 5.75 Å². The Bertz CT molecular complexity index is 1570. The third kappa shape index (κ3) is 7.69. The number of hydrogen-bond acceptors (Lipinski definition) is 7. The molecule has 1 fully saturated rings. The standard InChI is InChI=1S/C32H33N3O7S/c36-30(24-42-27-13-15-29(16-14-27)43(38,39)34-17-20-40-21-18-34)35(23-25-8-3-1-4-9-25)31(26-10-5-2-6-11-26)32(37)33-22-28-12-7-19-41-28/h1-16,19,31H,17-18,20-24H2,(H,33,37)/t31-/m0/s1. The van der Waals surface area contributed by atoms with Crippen LogP contribution in [0, 0.1) is 0 Å². The average Bonchev–Trinajstić information content (AvgIpc) is 3.58. The Balaban J connectivity index is 1.35. The van der Waals surface area contributed by atoms with Gasteiger partial charge in [-0.05, 0) is 47.5 Å². The van der Waals surface area contributed by atoms with Gasteiger partial charge >= 0.3 is 0 Å². The fraction of sp³-hybridized carbons (Fsp3) is 0.250. The summed E-state index contributed by atoms with van der Waals surface area (Å²) in [6.45, 7) is 1.26. The number of sulfonamides is 1. The predicted molar refractivity (Wildman–Crippen MR) is 158 cm³/mol. The van der Waals surface area contributed by atoms with Crippen molar-refractivity contribution in [2.24, 2.45) is 0 Å². The largest absolute Gasteiger partial charge is 0.484 e. The predicted octanol–water partition coefficient (Wildman–Crippen LogP) is 3.77. The molecule has 1 aliphatic rings. The maximum absolute atomic E-state index is 13.8. The van der Waals surface area contributed by atoms with E-state index in [1.807, 2.05) is 48.5 Å². The molecule has 1 aliphatic heterocycles. The fourth-order valence-electron chi connectivity index (χ4n) is 4.77. The van der Waals surface area contributed by atoms with Crippen LogP contribution in [0.25, 0.3) is 0 Å². The second kappa shape index (κ2) is 14.1. The monoisotopic (exact) mass is 603 g/mol. The zero-order chi connectivity index (χ0) is 30.1. The minimum atomic E-state index is -3.66. The van der Waals surface area contributed by atoms with Gasteiger partial charge in [-0.15, -0.1) is 0 Å². The molecule has 11 heteroatoms. The van der Waals surface area contributed by atoms with Gasteiger partial charge in [0, 0.05) is 19.6 Å². The van der Waals surface area contributed by atoms with E-state index in [4.69, 9.17) is 13.9 Å². The first-order valence-corrected chi connectivity index (χ1v) is 15.3. The van der Waals surface area contributed by atoms with E-state index in [9.17, 15) is 18.0 Å². The van der Waals surface area contributed by atoms with Crippen LogP contribution in [0.4, 0.5) is 0 Å². The maximum atomic E-state index is 13.8. The van der Waals surface area contributed by atoms with Crippen molar-refractivity contribution in [1.82, 2.24) is 14.5 Å². The minimum Gasteiger partial charge on any atom is -0.484 e. The number of rotatable bonds is 12. The van der Waals surface area contributed by atoms with Crippen molar-refractivity contribution in [2.75, 3.05) is 32.9 Å². The lowest BCUT2D eigenvalue weighted by Gasteiger charge is -2.31. The van der Waals surface area contributed by atoms with E-state index < -0.39 is 22.0 Å². The zero-order valence-corrected chi connectivity index (χ0v) is 24.3. The zero-order valence-electron chi connectivity index (χ0n) is 23.5. The highest BCUT2D eigenvalue weighted by molar-refractivity contribution is 7.89. The normalized spacial score (nSPS) is 14.5. The second-order valence-electron chi connectivity index (χ2n) is 9.89. The first-order valence-electron chi connectivity index (χ1n) is 13.9. The number of benzene rings is 3. The Kier molecular flexibility index (Phi) is 9.88. The van der Waals surface area contributed by atoms with E-state index in [0.29, 0.717) is 43.4 Å². The summed E-state index contributed by atoms with van der Waals surface area (Å²) in [4.78, 5) is 29.1. The summed E-state index contributed by atoms with van der Waals surface area (Å²) in [5.74, 6) is 0.122. The van der Waals surface area contributed by atoms with Crippen molar-refractivity contribution in [1.29, 1.82) is 0 Å². The van der Waals surface area contributed by atoms with E-state index in [2.05, 4.69) is 5.32 Å². The van der Waals surface area contributed by atoms with Crippen LogP contribution in [0.15, 0.2) is 113 Å². The molecular weight excluding hydrogens is 570 g/mol. The van der Waals surface area contributed by atoms with Crippen LogP contribution in [-0.2, 0) is 37.4 Å².